The van der Waals surface area contributed by atoms with Crippen molar-refractivity contribution in [2.24, 2.45) is 0 Å². The van der Waals surface area contributed by atoms with E-state index >= 15 is 0 Å². The van der Waals surface area contributed by atoms with E-state index in [-0.39, 0.29) is 0 Å². The summed E-state index contributed by atoms with van der Waals surface area (Å²) >= 11 is 1.48. The summed E-state index contributed by atoms with van der Waals surface area (Å²) in [5, 5.41) is 3.60. The number of aromatic nitrogens is 3. The molecule has 2 aromatic rings. The van der Waals surface area contributed by atoms with Gasteiger partial charge in [-0.3, -0.25) is 0 Å². The second-order valence-electron chi connectivity index (χ2n) is 4.16. The maximum absolute atomic E-state index is 5.14. The lowest BCUT2D eigenvalue weighted by Crippen LogP contribution is -2.15. The number of hydrogen-bond acceptors (Lipinski definition) is 7. The van der Waals surface area contributed by atoms with Crippen LogP contribution in [0.1, 0.15) is 0 Å². The van der Waals surface area contributed by atoms with Gasteiger partial charge in [-0.05, 0) is 36.0 Å². The van der Waals surface area contributed by atoms with Crippen LogP contribution in [0.25, 0.3) is 0 Å². The molecule has 1 aromatic carbocycles. The zero-order valence-corrected chi connectivity index (χ0v) is 12.7. The van der Waals surface area contributed by atoms with Crippen molar-refractivity contribution in [3.05, 3.63) is 24.3 Å². The van der Waals surface area contributed by atoms with Gasteiger partial charge in [-0.1, -0.05) is 0 Å². The number of hydrogen-bond donors (Lipinski definition) is 1. The minimum Gasteiger partial charge on any atom is -0.497 e. The quantitative estimate of drug-likeness (QED) is 0.905. The second-order valence-corrected chi connectivity index (χ2v) is 5.20. The average molecular weight is 291 g/mol. The number of ether oxygens (including phenoxy) is 1. The molecule has 1 N–H and O–H groups in total. The minimum absolute atomic E-state index is 0.555. The predicted molar refractivity (Wildman–Crippen MR) is 80.8 cm³/mol. The molecular weight excluding hydrogens is 274 g/mol. The van der Waals surface area contributed by atoms with Crippen molar-refractivity contribution in [3.63, 3.8) is 0 Å². The SMILES string of the molecule is CNc1nc(Sc2ccc(OC)cc2)nc(N(C)C)n1. The summed E-state index contributed by atoms with van der Waals surface area (Å²) in [7, 11) is 7.24. The van der Waals surface area contributed by atoms with Gasteiger partial charge in [0.2, 0.25) is 11.9 Å². The maximum Gasteiger partial charge on any atom is 0.230 e. The highest BCUT2D eigenvalue weighted by atomic mass is 32.2. The number of anilines is 2. The highest BCUT2D eigenvalue weighted by Gasteiger charge is 2.08. The van der Waals surface area contributed by atoms with Gasteiger partial charge in [0.15, 0.2) is 5.16 Å². The first-order chi connectivity index (χ1) is 9.62. The Morgan fingerprint density at radius 3 is 2.35 bits per heavy atom. The highest BCUT2D eigenvalue weighted by molar-refractivity contribution is 7.99. The van der Waals surface area contributed by atoms with E-state index in [0.29, 0.717) is 17.1 Å². The van der Waals surface area contributed by atoms with Crippen molar-refractivity contribution < 1.29 is 4.74 Å². The molecule has 0 radical (unpaired) electrons. The van der Waals surface area contributed by atoms with Gasteiger partial charge in [-0.25, -0.2) is 0 Å². The zero-order chi connectivity index (χ0) is 14.5. The molecule has 1 aromatic heterocycles. The topological polar surface area (TPSA) is 63.2 Å². The van der Waals surface area contributed by atoms with E-state index in [2.05, 4.69) is 20.3 Å². The van der Waals surface area contributed by atoms with Gasteiger partial charge in [0.05, 0.1) is 7.11 Å². The summed E-state index contributed by atoms with van der Waals surface area (Å²) in [6.45, 7) is 0. The van der Waals surface area contributed by atoms with E-state index in [9.17, 15) is 0 Å². The zero-order valence-electron chi connectivity index (χ0n) is 11.9. The van der Waals surface area contributed by atoms with Gasteiger partial charge in [0.25, 0.3) is 0 Å². The molecule has 0 bridgehead atoms. The van der Waals surface area contributed by atoms with Crippen LogP contribution in [0.2, 0.25) is 0 Å². The molecule has 2 rings (SSSR count). The molecule has 0 spiro atoms. The summed E-state index contributed by atoms with van der Waals surface area (Å²) in [6.07, 6.45) is 0. The fourth-order valence-corrected chi connectivity index (χ4v) is 2.19. The van der Waals surface area contributed by atoms with Crippen molar-refractivity contribution in [1.82, 2.24) is 15.0 Å². The Labute approximate surface area is 122 Å². The normalized spacial score (nSPS) is 10.2. The third kappa shape index (κ3) is 3.51. The summed E-state index contributed by atoms with van der Waals surface area (Å²) in [5.74, 6) is 2.01. The summed E-state index contributed by atoms with van der Waals surface area (Å²) in [6, 6.07) is 7.77. The van der Waals surface area contributed by atoms with Crippen LogP contribution in [0, 0.1) is 0 Å². The Morgan fingerprint density at radius 1 is 1.10 bits per heavy atom. The van der Waals surface area contributed by atoms with E-state index in [1.165, 1.54) is 11.8 Å². The van der Waals surface area contributed by atoms with Crippen LogP contribution in [0.4, 0.5) is 11.9 Å². The maximum atomic E-state index is 5.14. The largest absolute Gasteiger partial charge is 0.497 e. The molecule has 0 amide bonds. The van der Waals surface area contributed by atoms with Crippen molar-refractivity contribution in [2.75, 3.05) is 38.5 Å². The molecule has 1 heterocycles. The standard InChI is InChI=1S/C13H17N5OS/c1-14-11-15-12(18(2)3)17-13(16-11)20-10-7-5-9(19-4)6-8-10/h5-8H,1-4H3,(H,14,15,16,17). The van der Waals surface area contributed by atoms with E-state index in [0.717, 1.165) is 10.6 Å². The summed E-state index contributed by atoms with van der Waals surface area (Å²) in [5.41, 5.74) is 0. The van der Waals surface area contributed by atoms with Crippen molar-refractivity contribution in [1.29, 1.82) is 0 Å². The number of methoxy groups -OCH3 is 1. The Kier molecular flexibility index (Phi) is 4.62. The first-order valence-electron chi connectivity index (χ1n) is 6.05. The first kappa shape index (κ1) is 14.4. The van der Waals surface area contributed by atoms with Crippen LogP contribution in [0.5, 0.6) is 5.75 Å². The Balaban J connectivity index is 2.24. The molecule has 0 unspecified atom stereocenters. The van der Waals surface area contributed by atoms with Crippen LogP contribution in [0.3, 0.4) is 0 Å². The van der Waals surface area contributed by atoms with Crippen LogP contribution < -0.4 is 15.0 Å². The fraction of sp³-hybridized carbons (Fsp3) is 0.308. The van der Waals surface area contributed by atoms with Crippen LogP contribution in [-0.4, -0.2) is 43.2 Å². The monoisotopic (exact) mass is 291 g/mol. The first-order valence-corrected chi connectivity index (χ1v) is 6.87. The Morgan fingerprint density at radius 2 is 1.80 bits per heavy atom. The van der Waals surface area contributed by atoms with Crippen molar-refractivity contribution in [3.8, 4) is 5.75 Å². The molecule has 6 nitrogen and oxygen atoms in total. The number of nitrogens with zero attached hydrogens (tertiary/aromatic N) is 4. The Bertz CT molecular complexity index is 573. The molecule has 106 valence electrons. The lowest BCUT2D eigenvalue weighted by atomic mass is 10.3. The molecule has 0 aliphatic heterocycles. The van der Waals surface area contributed by atoms with E-state index in [1.54, 1.807) is 14.2 Å². The van der Waals surface area contributed by atoms with Gasteiger partial charge < -0.3 is 15.0 Å². The van der Waals surface area contributed by atoms with Gasteiger partial charge in [0.1, 0.15) is 5.75 Å². The smallest absolute Gasteiger partial charge is 0.230 e. The summed E-state index contributed by atoms with van der Waals surface area (Å²) in [4.78, 5) is 15.9. The van der Waals surface area contributed by atoms with Crippen LogP contribution in [-0.2, 0) is 0 Å². The summed E-state index contributed by atoms with van der Waals surface area (Å²) < 4.78 is 5.14. The molecule has 0 atom stereocenters. The number of rotatable bonds is 5. The average Bonchev–Trinajstić information content (AvgIpc) is 2.47. The highest BCUT2D eigenvalue weighted by Crippen LogP contribution is 2.27. The number of nitrogens with one attached hydrogen (secondary N) is 1. The van der Waals surface area contributed by atoms with E-state index < -0.39 is 0 Å². The van der Waals surface area contributed by atoms with E-state index in [4.69, 9.17) is 4.74 Å². The number of benzene rings is 1. The molecule has 0 fully saturated rings. The molecule has 0 saturated heterocycles. The lowest BCUT2D eigenvalue weighted by molar-refractivity contribution is 0.414. The molecule has 0 aliphatic carbocycles. The second kappa shape index (κ2) is 6.42. The lowest BCUT2D eigenvalue weighted by Gasteiger charge is -2.12. The predicted octanol–water partition coefficient (Wildman–Crippen LogP) is 2.14. The molecular formula is C13H17N5OS. The molecule has 7 heteroatoms. The van der Waals surface area contributed by atoms with E-state index in [1.807, 2.05) is 43.3 Å². The van der Waals surface area contributed by atoms with Crippen LogP contribution in [0.15, 0.2) is 34.3 Å². The third-order valence-corrected chi connectivity index (χ3v) is 3.37. The molecule has 20 heavy (non-hydrogen) atoms. The van der Waals surface area contributed by atoms with Gasteiger partial charge in [0, 0.05) is 26.0 Å². The van der Waals surface area contributed by atoms with Gasteiger partial charge in [-0.2, -0.15) is 15.0 Å². The van der Waals surface area contributed by atoms with Crippen molar-refractivity contribution in [2.45, 2.75) is 10.1 Å². The fourth-order valence-electron chi connectivity index (χ4n) is 1.45. The van der Waals surface area contributed by atoms with Gasteiger partial charge >= 0.3 is 0 Å². The van der Waals surface area contributed by atoms with Gasteiger partial charge in [-0.15, -0.1) is 0 Å². The molecule has 0 aliphatic rings. The molecule has 0 saturated carbocycles. The van der Waals surface area contributed by atoms with Crippen LogP contribution >= 0.6 is 11.8 Å². The minimum atomic E-state index is 0.555. The third-order valence-electron chi connectivity index (χ3n) is 2.50. The van der Waals surface area contributed by atoms with Crippen molar-refractivity contribution >= 4 is 23.7 Å². The Hall–Kier alpha value is -2.02.